The summed E-state index contributed by atoms with van der Waals surface area (Å²) in [5.74, 6) is 1.49. The van der Waals surface area contributed by atoms with E-state index in [-0.39, 0.29) is 0 Å². The van der Waals surface area contributed by atoms with Crippen molar-refractivity contribution in [2.75, 3.05) is 13.2 Å². The van der Waals surface area contributed by atoms with Gasteiger partial charge in [-0.3, -0.25) is 0 Å². The van der Waals surface area contributed by atoms with E-state index in [1.165, 1.54) is 0 Å². The molecule has 0 aliphatic carbocycles. The maximum Gasteiger partial charge on any atom is 0.138 e. The van der Waals surface area contributed by atoms with E-state index < -0.39 is 0 Å². The van der Waals surface area contributed by atoms with Gasteiger partial charge in [0.1, 0.15) is 24.7 Å². The van der Waals surface area contributed by atoms with Gasteiger partial charge in [0, 0.05) is 6.54 Å². The second kappa shape index (κ2) is 7.17. The molecule has 2 aromatic carbocycles. The summed E-state index contributed by atoms with van der Waals surface area (Å²) in [5.41, 5.74) is 7.73. The van der Waals surface area contributed by atoms with Crippen LogP contribution in [0.3, 0.4) is 0 Å². The fourth-order valence-corrected chi connectivity index (χ4v) is 2.05. The number of rotatable bonds is 6. The second-order valence-corrected chi connectivity index (χ2v) is 4.89. The van der Waals surface area contributed by atoms with Crippen LogP contribution in [0, 0.1) is 6.92 Å². The SMILES string of the molecule is Cc1ccc(OCCOc2ccc(CN)cc2)c(Cl)c1. The van der Waals surface area contributed by atoms with Crippen LogP contribution < -0.4 is 15.2 Å². The predicted molar refractivity (Wildman–Crippen MR) is 81.5 cm³/mol. The molecule has 0 saturated carbocycles. The van der Waals surface area contributed by atoms with Crippen molar-refractivity contribution in [2.24, 2.45) is 5.73 Å². The zero-order valence-electron chi connectivity index (χ0n) is 11.4. The van der Waals surface area contributed by atoms with Gasteiger partial charge in [0.2, 0.25) is 0 Å². The van der Waals surface area contributed by atoms with E-state index in [4.69, 9.17) is 26.8 Å². The van der Waals surface area contributed by atoms with Gasteiger partial charge < -0.3 is 15.2 Å². The first-order valence-corrected chi connectivity index (χ1v) is 6.87. The zero-order valence-corrected chi connectivity index (χ0v) is 12.2. The van der Waals surface area contributed by atoms with Crippen LogP contribution in [0.2, 0.25) is 5.02 Å². The monoisotopic (exact) mass is 291 g/mol. The van der Waals surface area contributed by atoms with Crippen LogP contribution in [-0.4, -0.2) is 13.2 Å². The van der Waals surface area contributed by atoms with Crippen LogP contribution in [-0.2, 0) is 6.54 Å². The Bertz CT molecular complexity index is 555. The predicted octanol–water partition coefficient (Wildman–Crippen LogP) is 3.56. The van der Waals surface area contributed by atoms with Gasteiger partial charge in [-0.1, -0.05) is 29.8 Å². The molecule has 20 heavy (non-hydrogen) atoms. The zero-order chi connectivity index (χ0) is 14.4. The Hall–Kier alpha value is -1.71. The minimum atomic E-state index is 0.446. The van der Waals surface area contributed by atoms with Crippen molar-refractivity contribution < 1.29 is 9.47 Å². The van der Waals surface area contributed by atoms with Crippen molar-refractivity contribution in [3.05, 3.63) is 58.6 Å². The maximum atomic E-state index is 6.08. The van der Waals surface area contributed by atoms with Crippen LogP contribution in [0.25, 0.3) is 0 Å². The highest BCUT2D eigenvalue weighted by Gasteiger charge is 2.01. The molecule has 0 amide bonds. The number of nitrogens with two attached hydrogens (primary N) is 1. The molecule has 2 rings (SSSR count). The lowest BCUT2D eigenvalue weighted by atomic mass is 10.2. The molecular weight excluding hydrogens is 274 g/mol. The van der Waals surface area contributed by atoms with E-state index in [9.17, 15) is 0 Å². The van der Waals surface area contributed by atoms with Gasteiger partial charge >= 0.3 is 0 Å². The molecule has 0 aliphatic heterocycles. The second-order valence-electron chi connectivity index (χ2n) is 4.48. The molecule has 0 unspecified atom stereocenters. The Morgan fingerprint density at radius 2 is 1.70 bits per heavy atom. The Morgan fingerprint density at radius 3 is 2.35 bits per heavy atom. The highest BCUT2D eigenvalue weighted by atomic mass is 35.5. The first kappa shape index (κ1) is 14.7. The molecule has 2 N–H and O–H groups in total. The summed E-state index contributed by atoms with van der Waals surface area (Å²) in [4.78, 5) is 0. The molecule has 2 aromatic rings. The van der Waals surface area contributed by atoms with Crippen molar-refractivity contribution in [3.8, 4) is 11.5 Å². The molecule has 4 heteroatoms. The number of halogens is 1. The molecule has 0 saturated heterocycles. The molecule has 0 fully saturated rings. The van der Waals surface area contributed by atoms with Gasteiger partial charge in [-0.2, -0.15) is 0 Å². The minimum Gasteiger partial charge on any atom is -0.490 e. The number of aryl methyl sites for hydroxylation is 1. The lowest BCUT2D eigenvalue weighted by molar-refractivity contribution is 0.217. The van der Waals surface area contributed by atoms with Crippen LogP contribution in [0.1, 0.15) is 11.1 Å². The number of ether oxygens (including phenoxy) is 2. The normalized spacial score (nSPS) is 10.3. The van der Waals surface area contributed by atoms with Crippen molar-refractivity contribution in [3.63, 3.8) is 0 Å². The smallest absolute Gasteiger partial charge is 0.138 e. The Kier molecular flexibility index (Phi) is 5.27. The number of hydrogen-bond donors (Lipinski definition) is 1. The summed E-state index contributed by atoms with van der Waals surface area (Å²) in [6, 6.07) is 13.4. The van der Waals surface area contributed by atoms with Crippen LogP contribution >= 0.6 is 11.6 Å². The van der Waals surface area contributed by atoms with Gasteiger partial charge in [0.25, 0.3) is 0 Å². The highest BCUT2D eigenvalue weighted by Crippen LogP contribution is 2.25. The highest BCUT2D eigenvalue weighted by molar-refractivity contribution is 6.32. The number of benzene rings is 2. The van der Waals surface area contributed by atoms with E-state index in [0.717, 1.165) is 16.9 Å². The lowest BCUT2D eigenvalue weighted by Crippen LogP contribution is -2.09. The van der Waals surface area contributed by atoms with E-state index in [1.807, 2.05) is 49.4 Å². The van der Waals surface area contributed by atoms with Crippen LogP contribution in [0.15, 0.2) is 42.5 Å². The fraction of sp³-hybridized carbons (Fsp3) is 0.250. The molecule has 0 bridgehead atoms. The third-order valence-electron chi connectivity index (χ3n) is 2.86. The fourth-order valence-electron chi connectivity index (χ4n) is 1.76. The molecule has 0 aliphatic rings. The Morgan fingerprint density at radius 1 is 1.00 bits per heavy atom. The third kappa shape index (κ3) is 4.15. The third-order valence-corrected chi connectivity index (χ3v) is 3.15. The van der Waals surface area contributed by atoms with Crippen molar-refractivity contribution in [1.82, 2.24) is 0 Å². The van der Waals surface area contributed by atoms with E-state index in [2.05, 4.69) is 0 Å². The average Bonchev–Trinajstić information content (AvgIpc) is 2.46. The molecule has 0 aromatic heterocycles. The van der Waals surface area contributed by atoms with E-state index in [0.29, 0.717) is 30.5 Å². The van der Waals surface area contributed by atoms with Crippen LogP contribution in [0.5, 0.6) is 11.5 Å². The largest absolute Gasteiger partial charge is 0.490 e. The summed E-state index contributed by atoms with van der Waals surface area (Å²) in [7, 11) is 0. The van der Waals surface area contributed by atoms with E-state index in [1.54, 1.807) is 0 Å². The molecule has 0 spiro atoms. The molecule has 106 valence electrons. The Labute approximate surface area is 124 Å². The summed E-state index contributed by atoms with van der Waals surface area (Å²) in [6.45, 7) is 3.44. The minimum absolute atomic E-state index is 0.446. The topological polar surface area (TPSA) is 44.5 Å². The molecule has 3 nitrogen and oxygen atoms in total. The van der Waals surface area contributed by atoms with Crippen molar-refractivity contribution in [2.45, 2.75) is 13.5 Å². The summed E-state index contributed by atoms with van der Waals surface area (Å²) in [6.07, 6.45) is 0. The Balaban J connectivity index is 1.78. The first-order chi connectivity index (χ1) is 9.69. The summed E-state index contributed by atoms with van der Waals surface area (Å²) in [5, 5.41) is 0.622. The van der Waals surface area contributed by atoms with Crippen molar-refractivity contribution >= 4 is 11.6 Å². The quantitative estimate of drug-likeness (QED) is 0.828. The average molecular weight is 292 g/mol. The van der Waals surface area contributed by atoms with Gasteiger partial charge in [-0.25, -0.2) is 0 Å². The van der Waals surface area contributed by atoms with Gasteiger partial charge in [-0.15, -0.1) is 0 Å². The molecular formula is C16H18ClNO2. The van der Waals surface area contributed by atoms with E-state index >= 15 is 0 Å². The van der Waals surface area contributed by atoms with Gasteiger partial charge in [0.05, 0.1) is 5.02 Å². The lowest BCUT2D eigenvalue weighted by Gasteiger charge is -2.10. The summed E-state index contributed by atoms with van der Waals surface area (Å²) >= 11 is 6.08. The standard InChI is InChI=1S/C16H18ClNO2/c1-12-2-7-16(15(17)10-12)20-9-8-19-14-5-3-13(11-18)4-6-14/h2-7,10H,8-9,11,18H2,1H3. The van der Waals surface area contributed by atoms with Crippen molar-refractivity contribution in [1.29, 1.82) is 0 Å². The molecule has 0 atom stereocenters. The van der Waals surface area contributed by atoms with Gasteiger partial charge in [-0.05, 0) is 42.3 Å². The van der Waals surface area contributed by atoms with Gasteiger partial charge in [0.15, 0.2) is 0 Å². The molecule has 0 radical (unpaired) electrons. The summed E-state index contributed by atoms with van der Waals surface area (Å²) < 4.78 is 11.2. The molecule has 0 heterocycles. The first-order valence-electron chi connectivity index (χ1n) is 6.50. The number of hydrogen-bond acceptors (Lipinski definition) is 3. The van der Waals surface area contributed by atoms with Crippen LogP contribution in [0.4, 0.5) is 0 Å². The maximum absolute atomic E-state index is 6.08.